The van der Waals surface area contributed by atoms with Crippen LogP contribution in [0.3, 0.4) is 0 Å². The lowest BCUT2D eigenvalue weighted by Gasteiger charge is -2.07. The maximum atomic E-state index is 11.4. The molecular weight excluding hydrogens is 260 g/mol. The molecule has 1 amide bonds. The Balaban J connectivity index is 3.39. The first-order chi connectivity index (χ1) is 7.24. The summed E-state index contributed by atoms with van der Waals surface area (Å²) in [6.07, 6.45) is -1.53. The third-order valence-electron chi connectivity index (χ3n) is 1.53. The molecule has 9 heteroatoms. The predicted molar refractivity (Wildman–Crippen MR) is 55.4 cm³/mol. The van der Waals surface area contributed by atoms with Gasteiger partial charge in [-0.05, 0) is 12.1 Å². The summed E-state index contributed by atoms with van der Waals surface area (Å²) in [4.78, 5) is 9.62. The SMILES string of the molecule is NC(=O)OS(=O)(=O)c1cc(Cl)cc(N)c1O. The summed E-state index contributed by atoms with van der Waals surface area (Å²) < 4.78 is 26.6. The zero-order valence-electron chi connectivity index (χ0n) is 7.68. The Labute approximate surface area is 95.7 Å². The normalized spacial score (nSPS) is 11.1. The van der Waals surface area contributed by atoms with Gasteiger partial charge in [-0.3, -0.25) is 0 Å². The average Bonchev–Trinajstić information content (AvgIpc) is 2.08. The van der Waals surface area contributed by atoms with Gasteiger partial charge < -0.3 is 20.8 Å². The molecule has 0 aliphatic heterocycles. The quantitative estimate of drug-likeness (QED) is 0.403. The van der Waals surface area contributed by atoms with Gasteiger partial charge in [-0.25, -0.2) is 4.79 Å². The van der Waals surface area contributed by atoms with Crippen molar-refractivity contribution in [3.8, 4) is 5.75 Å². The lowest BCUT2D eigenvalue weighted by atomic mass is 10.3. The number of benzene rings is 1. The lowest BCUT2D eigenvalue weighted by molar-refractivity contribution is 0.212. The fourth-order valence-corrected chi connectivity index (χ4v) is 2.16. The highest BCUT2D eigenvalue weighted by Gasteiger charge is 2.24. The first-order valence-corrected chi connectivity index (χ1v) is 5.54. The highest BCUT2D eigenvalue weighted by molar-refractivity contribution is 7.87. The van der Waals surface area contributed by atoms with Crippen LogP contribution < -0.4 is 11.5 Å². The topological polar surface area (TPSA) is 133 Å². The molecule has 88 valence electrons. The smallest absolute Gasteiger partial charge is 0.420 e. The number of hydrogen-bond donors (Lipinski definition) is 3. The molecule has 16 heavy (non-hydrogen) atoms. The minimum Gasteiger partial charge on any atom is -0.504 e. The van der Waals surface area contributed by atoms with Crippen molar-refractivity contribution in [2.75, 3.05) is 5.73 Å². The number of anilines is 1. The van der Waals surface area contributed by atoms with Crippen molar-refractivity contribution in [1.82, 2.24) is 0 Å². The number of aromatic hydroxyl groups is 1. The molecule has 0 aliphatic rings. The van der Waals surface area contributed by atoms with E-state index in [0.29, 0.717) is 0 Å². The lowest BCUT2D eigenvalue weighted by Crippen LogP contribution is -2.19. The predicted octanol–water partition coefficient (Wildman–Crippen LogP) is 0.412. The number of phenolic OH excluding ortho intramolecular Hbond substituents is 1. The van der Waals surface area contributed by atoms with Crippen LogP contribution in [0.1, 0.15) is 0 Å². The van der Waals surface area contributed by atoms with Crippen LogP contribution >= 0.6 is 11.6 Å². The van der Waals surface area contributed by atoms with Crippen molar-refractivity contribution in [2.24, 2.45) is 5.73 Å². The van der Waals surface area contributed by atoms with Crippen LogP contribution in [0, 0.1) is 0 Å². The van der Waals surface area contributed by atoms with E-state index in [4.69, 9.17) is 17.3 Å². The van der Waals surface area contributed by atoms with Crippen molar-refractivity contribution in [2.45, 2.75) is 4.90 Å². The maximum Gasteiger partial charge on any atom is 0.420 e. The molecule has 5 N–H and O–H groups in total. The van der Waals surface area contributed by atoms with Crippen LogP contribution in [0.2, 0.25) is 5.02 Å². The molecule has 0 saturated heterocycles. The molecular formula is C7H7ClN2O5S. The zero-order chi connectivity index (χ0) is 12.5. The third-order valence-corrected chi connectivity index (χ3v) is 2.98. The Morgan fingerprint density at radius 2 is 2.00 bits per heavy atom. The number of phenols is 1. The molecule has 0 radical (unpaired) electrons. The van der Waals surface area contributed by atoms with Crippen LogP contribution in [0.5, 0.6) is 5.75 Å². The zero-order valence-corrected chi connectivity index (χ0v) is 9.25. The number of primary amides is 1. The average molecular weight is 267 g/mol. The van der Waals surface area contributed by atoms with E-state index in [1.54, 1.807) is 0 Å². The number of carbonyl (C=O) groups excluding carboxylic acids is 1. The fraction of sp³-hybridized carbons (Fsp3) is 0. The molecule has 1 rings (SSSR count). The number of amides is 1. The number of rotatable bonds is 2. The summed E-state index contributed by atoms with van der Waals surface area (Å²) in [5, 5.41) is 9.34. The Hall–Kier alpha value is -1.67. The van der Waals surface area contributed by atoms with Gasteiger partial charge in [0, 0.05) is 5.02 Å². The summed E-state index contributed by atoms with van der Waals surface area (Å²) in [5.41, 5.74) is 9.57. The molecule has 0 spiro atoms. The van der Waals surface area contributed by atoms with Crippen molar-refractivity contribution in [1.29, 1.82) is 0 Å². The molecule has 0 atom stereocenters. The minimum atomic E-state index is -4.52. The van der Waals surface area contributed by atoms with Gasteiger partial charge in [-0.2, -0.15) is 8.42 Å². The van der Waals surface area contributed by atoms with Crippen molar-refractivity contribution in [3.05, 3.63) is 17.2 Å². The number of halogens is 1. The van der Waals surface area contributed by atoms with E-state index in [0.717, 1.165) is 12.1 Å². The van der Waals surface area contributed by atoms with Gasteiger partial charge in [-0.1, -0.05) is 11.6 Å². The Bertz CT molecular complexity index is 542. The van der Waals surface area contributed by atoms with Gasteiger partial charge in [-0.15, -0.1) is 0 Å². The van der Waals surface area contributed by atoms with Gasteiger partial charge in [0.25, 0.3) is 0 Å². The van der Waals surface area contributed by atoms with Crippen LogP contribution in [-0.2, 0) is 14.3 Å². The van der Waals surface area contributed by atoms with Crippen molar-refractivity contribution in [3.63, 3.8) is 0 Å². The first kappa shape index (κ1) is 12.4. The molecule has 7 nitrogen and oxygen atoms in total. The van der Waals surface area contributed by atoms with E-state index < -0.39 is 26.9 Å². The third kappa shape index (κ3) is 2.47. The number of nitrogen functional groups attached to an aromatic ring is 1. The second-order valence-corrected chi connectivity index (χ2v) is 4.65. The van der Waals surface area contributed by atoms with Gasteiger partial charge in [0.15, 0.2) is 10.6 Å². The second kappa shape index (κ2) is 4.06. The minimum absolute atomic E-state index is 0.0399. The number of hydrogen-bond acceptors (Lipinski definition) is 6. The summed E-state index contributed by atoms with van der Waals surface area (Å²) >= 11 is 5.54. The summed E-state index contributed by atoms with van der Waals surface area (Å²) in [6.45, 7) is 0. The molecule has 0 heterocycles. The number of carbonyl (C=O) groups is 1. The van der Waals surface area contributed by atoms with Crippen molar-refractivity contribution < 1.29 is 22.5 Å². The Morgan fingerprint density at radius 3 is 2.50 bits per heavy atom. The van der Waals surface area contributed by atoms with Gasteiger partial charge in [0.1, 0.15) is 0 Å². The standard InChI is InChI=1S/C7H7ClN2O5S/c8-3-1-4(9)6(11)5(2-3)16(13,14)15-7(10)12/h1-2,11H,9H2,(H2,10,12). The summed E-state index contributed by atoms with van der Waals surface area (Å²) in [6, 6.07) is 2.02. The molecule has 0 fully saturated rings. The van der Waals surface area contributed by atoms with E-state index in [2.05, 4.69) is 9.92 Å². The van der Waals surface area contributed by atoms with E-state index in [-0.39, 0.29) is 10.7 Å². The van der Waals surface area contributed by atoms with Crippen LogP contribution in [0.4, 0.5) is 10.5 Å². The summed E-state index contributed by atoms with van der Waals surface area (Å²) in [5.74, 6) is -0.759. The van der Waals surface area contributed by atoms with Gasteiger partial charge >= 0.3 is 16.2 Å². The maximum absolute atomic E-state index is 11.4. The Morgan fingerprint density at radius 1 is 1.44 bits per heavy atom. The largest absolute Gasteiger partial charge is 0.504 e. The molecule has 0 aliphatic carbocycles. The van der Waals surface area contributed by atoms with Crippen LogP contribution in [0.15, 0.2) is 17.0 Å². The van der Waals surface area contributed by atoms with E-state index in [1.165, 1.54) is 0 Å². The molecule has 1 aromatic carbocycles. The first-order valence-electron chi connectivity index (χ1n) is 3.76. The molecule has 0 aromatic heterocycles. The van der Waals surface area contributed by atoms with E-state index in [9.17, 15) is 18.3 Å². The van der Waals surface area contributed by atoms with Crippen molar-refractivity contribution >= 4 is 33.5 Å². The Kier molecular flexibility index (Phi) is 3.15. The van der Waals surface area contributed by atoms with Crippen LogP contribution in [0.25, 0.3) is 0 Å². The summed E-state index contributed by atoms with van der Waals surface area (Å²) in [7, 11) is -4.52. The number of nitrogens with two attached hydrogens (primary N) is 2. The molecule has 0 unspecified atom stereocenters. The van der Waals surface area contributed by atoms with Crippen LogP contribution in [-0.4, -0.2) is 19.6 Å². The van der Waals surface area contributed by atoms with Gasteiger partial charge in [0.2, 0.25) is 0 Å². The highest BCUT2D eigenvalue weighted by atomic mass is 35.5. The van der Waals surface area contributed by atoms with E-state index >= 15 is 0 Å². The van der Waals surface area contributed by atoms with E-state index in [1.807, 2.05) is 0 Å². The fourth-order valence-electron chi connectivity index (χ4n) is 0.938. The monoisotopic (exact) mass is 266 g/mol. The molecule has 0 bridgehead atoms. The highest BCUT2D eigenvalue weighted by Crippen LogP contribution is 2.33. The second-order valence-electron chi connectivity index (χ2n) is 2.70. The van der Waals surface area contributed by atoms with Gasteiger partial charge in [0.05, 0.1) is 5.69 Å². The molecule has 1 aromatic rings. The molecule has 0 saturated carbocycles.